The molecule has 0 aliphatic heterocycles. The third-order valence-corrected chi connectivity index (χ3v) is 3.10. The van der Waals surface area contributed by atoms with Crippen molar-refractivity contribution in [1.29, 1.82) is 5.26 Å². The average molecular weight is 149 g/mol. The Bertz CT molecular complexity index is 228. The number of nitriles is 1. The molecule has 58 valence electrons. The number of rotatable bonds is 0. The van der Waals surface area contributed by atoms with Gasteiger partial charge in [-0.1, -0.05) is 6.42 Å². The fourth-order valence-electron chi connectivity index (χ4n) is 2.55. The zero-order valence-corrected chi connectivity index (χ0v) is 6.42. The molecule has 0 spiro atoms. The monoisotopic (exact) mass is 149 g/mol. The van der Waals surface area contributed by atoms with E-state index in [4.69, 9.17) is 5.26 Å². The van der Waals surface area contributed by atoms with Crippen LogP contribution in [-0.2, 0) is 4.79 Å². The minimum Gasteiger partial charge on any atom is -0.298 e. The molecule has 2 fully saturated rings. The topological polar surface area (TPSA) is 40.9 Å². The Balaban J connectivity index is 2.21. The van der Waals surface area contributed by atoms with Crippen LogP contribution in [0, 0.1) is 29.1 Å². The molecule has 0 saturated heterocycles. The maximum absolute atomic E-state index is 11.2. The van der Waals surface area contributed by atoms with Gasteiger partial charge in [0, 0.05) is 6.42 Å². The van der Waals surface area contributed by atoms with Crippen molar-refractivity contribution in [1.82, 2.24) is 0 Å². The molecule has 0 heterocycles. The van der Waals surface area contributed by atoms with Gasteiger partial charge >= 0.3 is 0 Å². The Kier molecular flexibility index (Phi) is 1.45. The van der Waals surface area contributed by atoms with E-state index in [1.165, 1.54) is 12.8 Å². The number of fused-ring (bicyclic) bond motifs is 1. The highest BCUT2D eigenvalue weighted by molar-refractivity contribution is 5.86. The van der Waals surface area contributed by atoms with Crippen molar-refractivity contribution >= 4 is 5.78 Å². The van der Waals surface area contributed by atoms with Gasteiger partial charge in [0.25, 0.3) is 0 Å². The second-order valence-corrected chi connectivity index (χ2v) is 3.63. The van der Waals surface area contributed by atoms with Crippen molar-refractivity contribution in [2.75, 3.05) is 0 Å². The molecule has 2 aliphatic rings. The molecule has 2 saturated carbocycles. The molecule has 3 unspecified atom stereocenters. The summed E-state index contributed by atoms with van der Waals surface area (Å²) in [6, 6.07) is 2.14. The summed E-state index contributed by atoms with van der Waals surface area (Å²) in [6.07, 6.45) is 4.19. The van der Waals surface area contributed by atoms with Gasteiger partial charge in [-0.3, -0.25) is 4.79 Å². The normalized spacial score (nSPS) is 42.1. The van der Waals surface area contributed by atoms with Crippen LogP contribution in [-0.4, -0.2) is 5.78 Å². The molecule has 0 aromatic carbocycles. The molecule has 2 nitrogen and oxygen atoms in total. The summed E-state index contributed by atoms with van der Waals surface area (Å²) in [5.41, 5.74) is 0. The molecule has 3 atom stereocenters. The van der Waals surface area contributed by atoms with E-state index in [0.717, 1.165) is 6.42 Å². The van der Waals surface area contributed by atoms with Crippen molar-refractivity contribution in [3.05, 3.63) is 0 Å². The Morgan fingerprint density at radius 1 is 1.45 bits per heavy atom. The quantitative estimate of drug-likeness (QED) is 0.524. The first-order chi connectivity index (χ1) is 5.33. The maximum atomic E-state index is 11.2. The fourth-order valence-corrected chi connectivity index (χ4v) is 2.55. The summed E-state index contributed by atoms with van der Waals surface area (Å²) in [7, 11) is 0. The number of carbonyl (C=O) groups excluding carboxylic acids is 1. The number of nitrogens with zero attached hydrogens (tertiary/aromatic N) is 1. The van der Waals surface area contributed by atoms with Crippen molar-refractivity contribution in [3.8, 4) is 6.07 Å². The second kappa shape index (κ2) is 2.34. The Labute approximate surface area is 66.2 Å². The Hall–Kier alpha value is -0.840. The molecule has 0 amide bonds. The first kappa shape index (κ1) is 6.84. The predicted octanol–water partition coefficient (Wildman–Crippen LogP) is 1.52. The van der Waals surface area contributed by atoms with Crippen LogP contribution in [0.2, 0.25) is 0 Å². The van der Waals surface area contributed by atoms with E-state index >= 15 is 0 Å². The van der Waals surface area contributed by atoms with Crippen LogP contribution in [0.5, 0.6) is 0 Å². The smallest absolute Gasteiger partial charge is 0.150 e. The number of hydrogen-bond donors (Lipinski definition) is 0. The van der Waals surface area contributed by atoms with E-state index < -0.39 is 0 Å². The maximum Gasteiger partial charge on any atom is 0.150 e. The Morgan fingerprint density at radius 2 is 2.27 bits per heavy atom. The third-order valence-electron chi connectivity index (χ3n) is 3.10. The number of Topliss-reactive ketones (excluding diaryl/α,β-unsaturated/α-hetero) is 1. The van der Waals surface area contributed by atoms with E-state index in [9.17, 15) is 4.79 Å². The molecule has 2 rings (SSSR count). The van der Waals surface area contributed by atoms with Crippen molar-refractivity contribution < 1.29 is 4.79 Å². The van der Waals surface area contributed by atoms with Gasteiger partial charge in [-0.05, 0) is 24.7 Å². The minimum absolute atomic E-state index is 0.196. The molecular formula is C9H11NO. The van der Waals surface area contributed by atoms with Gasteiger partial charge in [0.1, 0.15) is 5.92 Å². The highest BCUT2D eigenvalue weighted by atomic mass is 16.1. The van der Waals surface area contributed by atoms with Gasteiger partial charge in [0.05, 0.1) is 6.07 Å². The van der Waals surface area contributed by atoms with E-state index in [1.54, 1.807) is 0 Å². The summed E-state index contributed by atoms with van der Waals surface area (Å²) >= 11 is 0. The standard InChI is InChI=1S/C9H11NO/c10-5-8-7-3-1-2-6(7)4-9(8)11/h6-8H,1-4H2. The molecular weight excluding hydrogens is 138 g/mol. The lowest BCUT2D eigenvalue weighted by molar-refractivity contribution is -0.119. The second-order valence-electron chi connectivity index (χ2n) is 3.63. The number of carbonyl (C=O) groups is 1. The molecule has 0 bridgehead atoms. The molecule has 2 heteroatoms. The summed E-state index contributed by atoms with van der Waals surface area (Å²) in [5, 5.41) is 8.71. The largest absolute Gasteiger partial charge is 0.298 e. The van der Waals surface area contributed by atoms with E-state index in [-0.39, 0.29) is 11.7 Å². The zero-order chi connectivity index (χ0) is 7.84. The Morgan fingerprint density at radius 3 is 3.00 bits per heavy atom. The van der Waals surface area contributed by atoms with Crippen LogP contribution in [0.3, 0.4) is 0 Å². The number of hydrogen-bond acceptors (Lipinski definition) is 2. The SMILES string of the molecule is N#CC1C(=O)CC2CCCC21. The first-order valence-corrected chi connectivity index (χ1v) is 4.25. The fraction of sp³-hybridized carbons (Fsp3) is 0.778. The van der Waals surface area contributed by atoms with Gasteiger partial charge in [0.2, 0.25) is 0 Å². The van der Waals surface area contributed by atoms with Crippen LogP contribution in [0.4, 0.5) is 0 Å². The highest BCUT2D eigenvalue weighted by Gasteiger charge is 2.44. The van der Waals surface area contributed by atoms with E-state index in [1.807, 2.05) is 0 Å². The molecule has 2 aliphatic carbocycles. The molecule has 0 radical (unpaired) electrons. The van der Waals surface area contributed by atoms with Gasteiger partial charge in [0.15, 0.2) is 5.78 Å². The molecule has 0 aromatic rings. The molecule has 11 heavy (non-hydrogen) atoms. The van der Waals surface area contributed by atoms with Crippen molar-refractivity contribution in [2.45, 2.75) is 25.7 Å². The third kappa shape index (κ3) is 0.875. The predicted molar refractivity (Wildman–Crippen MR) is 39.6 cm³/mol. The van der Waals surface area contributed by atoms with Gasteiger partial charge in [-0.25, -0.2) is 0 Å². The minimum atomic E-state index is -0.248. The summed E-state index contributed by atoms with van der Waals surface area (Å²) < 4.78 is 0. The van der Waals surface area contributed by atoms with Crippen molar-refractivity contribution in [2.24, 2.45) is 17.8 Å². The van der Waals surface area contributed by atoms with Crippen molar-refractivity contribution in [3.63, 3.8) is 0 Å². The lowest BCUT2D eigenvalue weighted by atomic mass is 9.93. The van der Waals surface area contributed by atoms with Crippen LogP contribution < -0.4 is 0 Å². The lowest BCUT2D eigenvalue weighted by Gasteiger charge is -2.08. The van der Waals surface area contributed by atoms with Crippen LogP contribution >= 0.6 is 0 Å². The average Bonchev–Trinajstić information content (AvgIpc) is 2.46. The summed E-state index contributed by atoms with van der Waals surface area (Å²) in [4.78, 5) is 11.2. The molecule has 0 N–H and O–H groups in total. The van der Waals surface area contributed by atoms with Gasteiger partial charge in [-0.15, -0.1) is 0 Å². The van der Waals surface area contributed by atoms with Crippen LogP contribution in [0.15, 0.2) is 0 Å². The first-order valence-electron chi connectivity index (χ1n) is 4.25. The summed E-state index contributed by atoms with van der Waals surface area (Å²) in [5.74, 6) is 0.935. The van der Waals surface area contributed by atoms with E-state index in [0.29, 0.717) is 18.3 Å². The molecule has 0 aromatic heterocycles. The van der Waals surface area contributed by atoms with Crippen LogP contribution in [0.1, 0.15) is 25.7 Å². The van der Waals surface area contributed by atoms with Gasteiger partial charge < -0.3 is 0 Å². The lowest BCUT2D eigenvalue weighted by Crippen LogP contribution is -2.11. The highest BCUT2D eigenvalue weighted by Crippen LogP contribution is 2.45. The summed E-state index contributed by atoms with van der Waals surface area (Å²) in [6.45, 7) is 0. The van der Waals surface area contributed by atoms with Crippen LogP contribution in [0.25, 0.3) is 0 Å². The van der Waals surface area contributed by atoms with E-state index in [2.05, 4.69) is 6.07 Å². The zero-order valence-electron chi connectivity index (χ0n) is 6.42. The van der Waals surface area contributed by atoms with Gasteiger partial charge in [-0.2, -0.15) is 5.26 Å². The number of ketones is 1.